The van der Waals surface area contributed by atoms with E-state index in [-0.39, 0.29) is 35.8 Å². The van der Waals surface area contributed by atoms with Gasteiger partial charge in [-0.15, -0.1) is 12.4 Å². The first-order chi connectivity index (χ1) is 10.7. The first kappa shape index (κ1) is 20.9. The summed E-state index contributed by atoms with van der Waals surface area (Å²) < 4.78 is 26.4. The molecular weight excluding hydrogens is 350 g/mol. The monoisotopic (exact) mass is 375 g/mol. The third kappa shape index (κ3) is 4.47. The average Bonchev–Trinajstić information content (AvgIpc) is 2.50. The van der Waals surface area contributed by atoms with E-state index < -0.39 is 10.0 Å². The van der Waals surface area contributed by atoms with Gasteiger partial charge >= 0.3 is 0 Å². The highest BCUT2D eigenvalue weighted by Crippen LogP contribution is 2.18. The van der Waals surface area contributed by atoms with Crippen molar-refractivity contribution in [2.75, 3.05) is 33.2 Å². The molecule has 0 radical (unpaired) electrons. The molecule has 1 fully saturated rings. The minimum Gasteiger partial charge on any atom is -0.336 e. The molecule has 1 amide bonds. The van der Waals surface area contributed by atoms with Gasteiger partial charge in [0.15, 0.2) is 0 Å². The van der Waals surface area contributed by atoms with Crippen LogP contribution in [0.2, 0.25) is 0 Å². The molecule has 0 aliphatic carbocycles. The van der Waals surface area contributed by atoms with E-state index in [9.17, 15) is 13.2 Å². The van der Waals surface area contributed by atoms with E-state index in [1.165, 1.54) is 7.05 Å². The van der Waals surface area contributed by atoms with Crippen molar-refractivity contribution in [3.63, 3.8) is 0 Å². The molecule has 24 heavy (non-hydrogen) atoms. The maximum atomic E-state index is 12.6. The summed E-state index contributed by atoms with van der Waals surface area (Å²) in [5.74, 6) is -0.158. The number of halogens is 1. The third-order valence-electron chi connectivity index (χ3n) is 4.37. The number of aryl methyl sites for hydroxylation is 2. The average molecular weight is 376 g/mol. The van der Waals surface area contributed by atoms with Gasteiger partial charge in [0, 0.05) is 32.7 Å². The molecule has 8 heteroatoms. The minimum absolute atomic E-state index is 0. The van der Waals surface area contributed by atoms with E-state index in [4.69, 9.17) is 0 Å². The van der Waals surface area contributed by atoms with Crippen LogP contribution in [0.25, 0.3) is 0 Å². The number of piperazine rings is 1. The molecular formula is C16H26ClN3O3S. The Bertz CT molecular complexity index is 694. The third-order valence-corrected chi connectivity index (χ3v) is 6.17. The van der Waals surface area contributed by atoms with Gasteiger partial charge in [0.25, 0.3) is 0 Å². The standard InChI is InChI=1S/C16H25N3O3S.ClH/c1-12-5-6-15(9-13(12)2)23(21,22)18(4)11-16(20)19-8-7-17-10-14(19)3;/h5-6,9,14,17H,7-8,10-11H2,1-4H3;1H/t14-;/m1./s1. The fourth-order valence-corrected chi connectivity index (χ4v) is 3.84. The molecule has 6 nitrogen and oxygen atoms in total. The number of nitrogens with one attached hydrogen (secondary N) is 1. The van der Waals surface area contributed by atoms with Crippen LogP contribution in [0.5, 0.6) is 0 Å². The van der Waals surface area contributed by atoms with Gasteiger partial charge in [-0.25, -0.2) is 8.42 Å². The second-order valence-electron chi connectivity index (χ2n) is 6.15. The summed E-state index contributed by atoms with van der Waals surface area (Å²) in [6.45, 7) is 7.72. The number of carbonyl (C=O) groups is 1. The van der Waals surface area contributed by atoms with Crippen molar-refractivity contribution in [1.29, 1.82) is 0 Å². The van der Waals surface area contributed by atoms with Gasteiger partial charge in [-0.1, -0.05) is 6.07 Å². The van der Waals surface area contributed by atoms with Crippen molar-refractivity contribution in [3.8, 4) is 0 Å². The molecule has 1 aliphatic rings. The van der Waals surface area contributed by atoms with Crippen LogP contribution >= 0.6 is 12.4 Å². The lowest BCUT2D eigenvalue weighted by Crippen LogP contribution is -2.54. The lowest BCUT2D eigenvalue weighted by molar-refractivity contribution is -0.133. The van der Waals surface area contributed by atoms with Crippen LogP contribution in [0.3, 0.4) is 0 Å². The number of benzene rings is 1. The molecule has 2 rings (SSSR count). The fourth-order valence-electron chi connectivity index (χ4n) is 2.63. The van der Waals surface area contributed by atoms with Gasteiger partial charge in [-0.05, 0) is 44.0 Å². The predicted molar refractivity (Wildman–Crippen MR) is 97.0 cm³/mol. The molecule has 1 aliphatic heterocycles. The van der Waals surface area contributed by atoms with Crippen LogP contribution in [0, 0.1) is 13.8 Å². The molecule has 0 spiro atoms. The number of sulfonamides is 1. The van der Waals surface area contributed by atoms with Crippen LogP contribution in [0.1, 0.15) is 18.1 Å². The Labute approximate surface area is 150 Å². The summed E-state index contributed by atoms with van der Waals surface area (Å²) >= 11 is 0. The van der Waals surface area contributed by atoms with Gasteiger partial charge in [0.1, 0.15) is 0 Å². The lowest BCUT2D eigenvalue weighted by Gasteiger charge is -2.34. The van der Waals surface area contributed by atoms with E-state index in [1.54, 1.807) is 23.1 Å². The van der Waals surface area contributed by atoms with Gasteiger partial charge in [-0.2, -0.15) is 4.31 Å². The van der Waals surface area contributed by atoms with E-state index in [0.717, 1.165) is 28.5 Å². The Morgan fingerprint density at radius 2 is 2.00 bits per heavy atom. The number of amides is 1. The molecule has 1 aromatic carbocycles. The summed E-state index contributed by atoms with van der Waals surface area (Å²) in [6.07, 6.45) is 0. The SMILES string of the molecule is Cc1ccc(S(=O)(=O)N(C)CC(=O)N2CCNC[C@H]2C)cc1C.Cl. The van der Waals surface area contributed by atoms with Crippen molar-refractivity contribution >= 4 is 28.3 Å². The molecule has 0 aromatic heterocycles. The quantitative estimate of drug-likeness (QED) is 0.857. The Morgan fingerprint density at radius 3 is 2.58 bits per heavy atom. The van der Waals surface area contributed by atoms with Crippen LogP contribution in [0.15, 0.2) is 23.1 Å². The minimum atomic E-state index is -3.66. The van der Waals surface area contributed by atoms with Crippen LogP contribution in [0.4, 0.5) is 0 Å². The first-order valence-electron chi connectivity index (χ1n) is 7.77. The number of nitrogens with zero attached hydrogens (tertiary/aromatic N) is 2. The van der Waals surface area contributed by atoms with Crippen molar-refractivity contribution in [3.05, 3.63) is 29.3 Å². The molecule has 0 unspecified atom stereocenters. The van der Waals surface area contributed by atoms with E-state index in [2.05, 4.69) is 5.32 Å². The molecule has 1 saturated heterocycles. The summed E-state index contributed by atoms with van der Waals surface area (Å²) in [5, 5.41) is 3.21. The predicted octanol–water partition coefficient (Wildman–Crippen LogP) is 1.17. The highest BCUT2D eigenvalue weighted by Gasteiger charge is 2.28. The summed E-state index contributed by atoms with van der Waals surface area (Å²) in [7, 11) is -2.21. The smallest absolute Gasteiger partial charge is 0.243 e. The summed E-state index contributed by atoms with van der Waals surface area (Å²) in [4.78, 5) is 14.4. The number of hydrogen-bond donors (Lipinski definition) is 1. The lowest BCUT2D eigenvalue weighted by atomic mass is 10.1. The topological polar surface area (TPSA) is 69.7 Å². The molecule has 1 heterocycles. The second kappa shape index (κ2) is 8.29. The van der Waals surface area contributed by atoms with Gasteiger partial charge in [-0.3, -0.25) is 4.79 Å². The van der Waals surface area contributed by atoms with E-state index >= 15 is 0 Å². The van der Waals surface area contributed by atoms with Crippen LogP contribution in [-0.2, 0) is 14.8 Å². The number of rotatable bonds is 4. The Balaban J connectivity index is 0.00000288. The zero-order valence-electron chi connectivity index (χ0n) is 14.6. The van der Waals surface area contributed by atoms with Crippen molar-refractivity contribution in [1.82, 2.24) is 14.5 Å². The second-order valence-corrected chi connectivity index (χ2v) is 8.19. The van der Waals surface area contributed by atoms with Gasteiger partial charge in [0.2, 0.25) is 15.9 Å². The Hall–Kier alpha value is -1.15. The summed E-state index contributed by atoms with van der Waals surface area (Å²) in [6, 6.07) is 5.11. The van der Waals surface area contributed by atoms with Gasteiger partial charge < -0.3 is 10.2 Å². The largest absolute Gasteiger partial charge is 0.336 e. The molecule has 1 N–H and O–H groups in total. The Kier molecular flexibility index (Phi) is 7.22. The van der Waals surface area contributed by atoms with E-state index in [0.29, 0.717) is 6.54 Å². The van der Waals surface area contributed by atoms with Crippen LogP contribution in [-0.4, -0.2) is 62.8 Å². The molecule has 1 aromatic rings. The zero-order chi connectivity index (χ0) is 17.2. The summed E-state index contributed by atoms with van der Waals surface area (Å²) in [5.41, 5.74) is 1.96. The zero-order valence-corrected chi connectivity index (χ0v) is 16.2. The van der Waals surface area contributed by atoms with Gasteiger partial charge in [0.05, 0.1) is 11.4 Å². The maximum Gasteiger partial charge on any atom is 0.243 e. The molecule has 136 valence electrons. The first-order valence-corrected chi connectivity index (χ1v) is 9.21. The van der Waals surface area contributed by atoms with Crippen molar-refractivity contribution < 1.29 is 13.2 Å². The number of likely N-dealkylation sites (N-methyl/N-ethyl adjacent to an activating group) is 1. The molecule has 0 bridgehead atoms. The highest BCUT2D eigenvalue weighted by molar-refractivity contribution is 7.89. The Morgan fingerprint density at radius 1 is 1.33 bits per heavy atom. The number of hydrogen-bond acceptors (Lipinski definition) is 4. The van der Waals surface area contributed by atoms with E-state index in [1.807, 2.05) is 20.8 Å². The fraction of sp³-hybridized carbons (Fsp3) is 0.562. The van der Waals surface area contributed by atoms with Crippen molar-refractivity contribution in [2.45, 2.75) is 31.7 Å². The normalized spacial score (nSPS) is 18.4. The molecule has 1 atom stereocenters. The highest BCUT2D eigenvalue weighted by atomic mass is 35.5. The number of carbonyl (C=O) groups excluding carboxylic acids is 1. The maximum absolute atomic E-state index is 12.6. The molecule has 0 saturated carbocycles. The van der Waals surface area contributed by atoms with Crippen LogP contribution < -0.4 is 5.32 Å². The van der Waals surface area contributed by atoms with Crippen molar-refractivity contribution in [2.24, 2.45) is 0 Å².